The molecule has 2 fully saturated rings. The van der Waals surface area contributed by atoms with Crippen molar-refractivity contribution in [3.05, 3.63) is 52.8 Å². The monoisotopic (exact) mass is 389 g/mol. The third kappa shape index (κ3) is 3.12. The molecule has 3 aromatic rings. The van der Waals surface area contributed by atoms with Crippen LogP contribution in [0.1, 0.15) is 41.8 Å². The maximum atomic E-state index is 5.75. The van der Waals surface area contributed by atoms with Crippen LogP contribution in [0.2, 0.25) is 0 Å². The third-order valence-electron chi connectivity index (χ3n) is 6.50. The smallest absolute Gasteiger partial charge is 0.157 e. The van der Waals surface area contributed by atoms with Gasteiger partial charge >= 0.3 is 0 Å². The number of aryl methyl sites for hydroxylation is 2. The van der Waals surface area contributed by atoms with Crippen molar-refractivity contribution in [3.63, 3.8) is 0 Å². The summed E-state index contributed by atoms with van der Waals surface area (Å²) in [6.45, 7) is 10.2. The Morgan fingerprint density at radius 1 is 1.17 bits per heavy atom. The minimum Gasteiger partial charge on any atom is -0.374 e. The van der Waals surface area contributed by atoms with Gasteiger partial charge < -0.3 is 15.0 Å². The number of pyridine rings is 1. The first-order valence-corrected chi connectivity index (χ1v) is 10.3. The second-order valence-electron chi connectivity index (χ2n) is 8.37. The fourth-order valence-corrected chi connectivity index (χ4v) is 4.63. The van der Waals surface area contributed by atoms with E-state index in [1.54, 1.807) is 0 Å². The fourth-order valence-electron chi connectivity index (χ4n) is 4.63. The maximum absolute atomic E-state index is 5.75. The van der Waals surface area contributed by atoms with Gasteiger partial charge in [0.2, 0.25) is 0 Å². The molecule has 2 aliphatic heterocycles. The number of hydrogen-bond donors (Lipinski definition) is 1. The summed E-state index contributed by atoms with van der Waals surface area (Å²) in [6.07, 6.45) is 3.38. The van der Waals surface area contributed by atoms with Crippen molar-refractivity contribution >= 4 is 22.4 Å². The highest BCUT2D eigenvalue weighted by atomic mass is 16.5. The van der Waals surface area contributed by atoms with E-state index >= 15 is 0 Å². The van der Waals surface area contributed by atoms with Crippen molar-refractivity contribution in [2.75, 3.05) is 23.4 Å². The van der Waals surface area contributed by atoms with Crippen LogP contribution >= 0.6 is 0 Å². The Kier molecular flexibility index (Phi) is 4.39. The highest BCUT2D eigenvalue weighted by Gasteiger charge is 2.39. The third-order valence-corrected chi connectivity index (χ3v) is 6.50. The number of anilines is 2. The van der Waals surface area contributed by atoms with E-state index in [1.807, 2.05) is 13.1 Å². The van der Waals surface area contributed by atoms with Crippen LogP contribution in [0.15, 0.2) is 30.5 Å². The lowest BCUT2D eigenvalue weighted by molar-refractivity contribution is 0.0989. The number of hydrogen-bond acceptors (Lipinski definition) is 6. The molecule has 0 aliphatic carbocycles. The van der Waals surface area contributed by atoms with Crippen LogP contribution in [-0.2, 0) is 4.74 Å². The summed E-state index contributed by atoms with van der Waals surface area (Å²) < 4.78 is 5.75. The van der Waals surface area contributed by atoms with Crippen LogP contribution in [0, 0.1) is 20.8 Å². The molecule has 5 rings (SSSR count). The number of ether oxygens (including phenoxy) is 1. The summed E-state index contributed by atoms with van der Waals surface area (Å²) in [5, 5.41) is 14.6. The van der Waals surface area contributed by atoms with Gasteiger partial charge in [0.25, 0.3) is 0 Å². The number of nitrogens with zero attached hydrogens (tertiary/aromatic N) is 4. The Hall–Kier alpha value is -2.73. The zero-order chi connectivity index (χ0) is 20.1. The Labute approximate surface area is 171 Å². The van der Waals surface area contributed by atoms with E-state index in [0.717, 1.165) is 47.7 Å². The van der Waals surface area contributed by atoms with Gasteiger partial charge in [0.1, 0.15) is 5.82 Å². The van der Waals surface area contributed by atoms with Crippen LogP contribution < -0.4 is 10.2 Å². The molecule has 1 N–H and O–H groups in total. The van der Waals surface area contributed by atoms with Crippen LogP contribution in [0.25, 0.3) is 10.8 Å². The zero-order valence-electron chi connectivity index (χ0n) is 17.4. The first-order valence-electron chi connectivity index (χ1n) is 10.3. The van der Waals surface area contributed by atoms with E-state index in [0.29, 0.717) is 12.1 Å². The predicted octanol–water partition coefficient (Wildman–Crippen LogP) is 4.10. The Morgan fingerprint density at radius 2 is 2.03 bits per heavy atom. The molecule has 2 aliphatic rings. The maximum Gasteiger partial charge on any atom is 0.157 e. The molecule has 29 heavy (non-hydrogen) atoms. The molecule has 2 bridgehead atoms. The van der Waals surface area contributed by atoms with Gasteiger partial charge in [-0.2, -0.15) is 5.10 Å². The van der Waals surface area contributed by atoms with Crippen molar-refractivity contribution < 1.29 is 4.74 Å². The molecule has 0 saturated carbocycles. The number of aromatic nitrogens is 3. The molecule has 2 saturated heterocycles. The molecular formula is C23H27N5O. The van der Waals surface area contributed by atoms with Gasteiger partial charge in [-0.25, -0.2) is 4.98 Å². The summed E-state index contributed by atoms with van der Waals surface area (Å²) in [5.41, 5.74) is 4.79. The van der Waals surface area contributed by atoms with E-state index in [9.17, 15) is 0 Å². The van der Waals surface area contributed by atoms with Gasteiger partial charge in [-0.15, -0.1) is 5.10 Å². The predicted molar refractivity (Wildman–Crippen MR) is 116 cm³/mol. The molecule has 150 valence electrons. The minimum absolute atomic E-state index is 0.128. The summed E-state index contributed by atoms with van der Waals surface area (Å²) >= 11 is 0. The molecule has 6 nitrogen and oxygen atoms in total. The van der Waals surface area contributed by atoms with Gasteiger partial charge in [0.15, 0.2) is 5.82 Å². The largest absolute Gasteiger partial charge is 0.374 e. The normalized spacial score (nSPS) is 21.7. The second-order valence-corrected chi connectivity index (χ2v) is 8.37. The minimum atomic E-state index is 0.128. The highest BCUT2D eigenvalue weighted by Crippen LogP contribution is 2.35. The van der Waals surface area contributed by atoms with Crippen LogP contribution in [-0.4, -0.2) is 40.5 Å². The number of benzene rings is 1. The topological polar surface area (TPSA) is 63.2 Å². The summed E-state index contributed by atoms with van der Waals surface area (Å²) in [7, 11) is 0. The highest BCUT2D eigenvalue weighted by molar-refractivity contribution is 5.94. The van der Waals surface area contributed by atoms with Gasteiger partial charge in [0.05, 0.1) is 30.5 Å². The summed E-state index contributed by atoms with van der Waals surface area (Å²) in [6, 6.07) is 9.17. The molecule has 0 spiro atoms. The average Bonchev–Trinajstić information content (AvgIpc) is 3.35. The zero-order valence-corrected chi connectivity index (χ0v) is 17.4. The number of morpholine rings is 1. The standard InChI is InChI=1S/C23H27N5O/c1-13-6-5-7-19(14(13)2)15(3)25-23-20-9-22(24-10-21(20)16(4)26-27-23)28-11-18-8-17(28)12-29-18/h5-7,9-10,15,17-18H,8,11-12H2,1-4H3,(H,25,27)/t15-,17+,18+/m1/s1. The lowest BCUT2D eigenvalue weighted by Gasteiger charge is -2.28. The molecular weight excluding hydrogens is 362 g/mol. The van der Waals surface area contributed by atoms with E-state index in [4.69, 9.17) is 9.72 Å². The molecule has 0 amide bonds. The fraction of sp³-hybridized carbons (Fsp3) is 0.435. The quantitative estimate of drug-likeness (QED) is 0.725. The second kappa shape index (κ2) is 6.95. The van der Waals surface area contributed by atoms with Gasteiger partial charge in [-0.1, -0.05) is 18.2 Å². The lowest BCUT2D eigenvalue weighted by atomic mass is 9.98. The van der Waals surface area contributed by atoms with Crippen molar-refractivity contribution in [3.8, 4) is 0 Å². The lowest BCUT2D eigenvalue weighted by Crippen LogP contribution is -2.37. The van der Waals surface area contributed by atoms with E-state index in [2.05, 4.69) is 65.5 Å². The van der Waals surface area contributed by atoms with Crippen molar-refractivity contribution in [1.29, 1.82) is 0 Å². The summed E-state index contributed by atoms with van der Waals surface area (Å²) in [4.78, 5) is 7.12. The molecule has 0 unspecified atom stereocenters. The van der Waals surface area contributed by atoms with E-state index in [1.165, 1.54) is 16.7 Å². The SMILES string of the molecule is Cc1cccc([C@@H](C)Nc2nnc(C)c3cnc(N4C[C@@H]5C[C@H]4CO5)cc23)c1C. The van der Waals surface area contributed by atoms with Gasteiger partial charge in [-0.05, 0) is 56.9 Å². The Morgan fingerprint density at radius 3 is 2.79 bits per heavy atom. The summed E-state index contributed by atoms with van der Waals surface area (Å²) in [5.74, 6) is 1.81. The molecule has 3 atom stereocenters. The van der Waals surface area contributed by atoms with E-state index in [-0.39, 0.29) is 6.04 Å². The van der Waals surface area contributed by atoms with Crippen LogP contribution in [0.4, 0.5) is 11.6 Å². The van der Waals surface area contributed by atoms with Crippen molar-refractivity contribution in [2.45, 2.75) is 52.3 Å². The number of rotatable bonds is 4. The number of nitrogens with one attached hydrogen (secondary N) is 1. The molecule has 4 heterocycles. The molecule has 0 radical (unpaired) electrons. The van der Waals surface area contributed by atoms with Gasteiger partial charge in [0, 0.05) is 23.5 Å². The number of fused-ring (bicyclic) bond motifs is 3. The molecule has 2 aromatic heterocycles. The Bertz CT molecular complexity index is 1080. The molecule has 1 aromatic carbocycles. The van der Waals surface area contributed by atoms with Gasteiger partial charge in [-0.3, -0.25) is 0 Å². The van der Waals surface area contributed by atoms with Crippen LogP contribution in [0.5, 0.6) is 0 Å². The van der Waals surface area contributed by atoms with Crippen LogP contribution in [0.3, 0.4) is 0 Å². The van der Waals surface area contributed by atoms with Crippen molar-refractivity contribution in [1.82, 2.24) is 15.2 Å². The van der Waals surface area contributed by atoms with E-state index < -0.39 is 0 Å². The Balaban J connectivity index is 1.52. The molecule has 6 heteroatoms. The average molecular weight is 390 g/mol. The first-order chi connectivity index (χ1) is 14.0. The van der Waals surface area contributed by atoms with Crippen molar-refractivity contribution in [2.24, 2.45) is 0 Å². The first kappa shape index (κ1) is 18.3.